The Kier molecular flexibility index (Phi) is 7.71. The van der Waals surface area contributed by atoms with Crippen molar-refractivity contribution in [2.75, 3.05) is 39.3 Å². The zero-order valence-corrected chi connectivity index (χ0v) is 20.3. The molecule has 1 aromatic heterocycles. The van der Waals surface area contributed by atoms with E-state index in [2.05, 4.69) is 50.0 Å². The van der Waals surface area contributed by atoms with Crippen molar-refractivity contribution in [3.63, 3.8) is 0 Å². The van der Waals surface area contributed by atoms with Crippen LogP contribution in [0.2, 0.25) is 0 Å². The second-order valence-electron chi connectivity index (χ2n) is 9.57. The van der Waals surface area contributed by atoms with Crippen LogP contribution >= 0.6 is 0 Å². The van der Waals surface area contributed by atoms with Crippen LogP contribution < -0.4 is 4.74 Å². The summed E-state index contributed by atoms with van der Waals surface area (Å²) in [6.07, 6.45) is 5.61. The number of amides is 1. The van der Waals surface area contributed by atoms with E-state index in [1.165, 1.54) is 11.1 Å². The summed E-state index contributed by atoms with van der Waals surface area (Å²) in [5.41, 5.74) is 2.53. The van der Waals surface area contributed by atoms with E-state index in [4.69, 9.17) is 4.74 Å². The maximum atomic E-state index is 13.2. The van der Waals surface area contributed by atoms with E-state index in [0.717, 1.165) is 76.7 Å². The lowest BCUT2D eigenvalue weighted by Gasteiger charge is -2.38. The molecule has 5 rings (SSSR count). The number of hydrogen-bond donors (Lipinski definition) is 0. The van der Waals surface area contributed by atoms with E-state index in [1.807, 2.05) is 48.8 Å². The first kappa shape index (κ1) is 23.5. The molecule has 35 heavy (non-hydrogen) atoms. The van der Waals surface area contributed by atoms with Gasteiger partial charge in [0.25, 0.3) is 0 Å². The van der Waals surface area contributed by atoms with Crippen molar-refractivity contribution in [1.82, 2.24) is 19.7 Å². The molecule has 2 fully saturated rings. The fourth-order valence-electron chi connectivity index (χ4n) is 5.06. The molecule has 0 atom stereocenters. The SMILES string of the molecule is O=C(C1CCN(Cc2ccncc2)CC1)N1CCN(Cc2cccc(Oc3ccccc3)c2)CC1. The van der Waals surface area contributed by atoms with Gasteiger partial charge < -0.3 is 9.64 Å². The molecule has 0 N–H and O–H groups in total. The minimum absolute atomic E-state index is 0.169. The number of pyridine rings is 1. The van der Waals surface area contributed by atoms with Gasteiger partial charge in [0.05, 0.1) is 0 Å². The third-order valence-corrected chi connectivity index (χ3v) is 7.06. The molecule has 0 unspecified atom stereocenters. The van der Waals surface area contributed by atoms with Gasteiger partial charge in [-0.3, -0.25) is 19.6 Å². The lowest BCUT2D eigenvalue weighted by Crippen LogP contribution is -2.51. The molecule has 6 heteroatoms. The first-order valence-corrected chi connectivity index (χ1v) is 12.7. The van der Waals surface area contributed by atoms with Gasteiger partial charge >= 0.3 is 0 Å². The molecule has 2 aromatic carbocycles. The van der Waals surface area contributed by atoms with Crippen molar-refractivity contribution in [2.45, 2.75) is 25.9 Å². The highest BCUT2D eigenvalue weighted by atomic mass is 16.5. The van der Waals surface area contributed by atoms with Crippen LogP contribution in [0.1, 0.15) is 24.0 Å². The highest BCUT2D eigenvalue weighted by molar-refractivity contribution is 5.79. The van der Waals surface area contributed by atoms with Crippen LogP contribution in [0.5, 0.6) is 11.5 Å². The van der Waals surface area contributed by atoms with Gasteiger partial charge in [0.15, 0.2) is 0 Å². The number of likely N-dealkylation sites (tertiary alicyclic amines) is 1. The minimum Gasteiger partial charge on any atom is -0.457 e. The zero-order chi connectivity index (χ0) is 23.9. The second kappa shape index (κ2) is 11.5. The summed E-state index contributed by atoms with van der Waals surface area (Å²) in [7, 11) is 0. The Morgan fingerprint density at radius 2 is 1.40 bits per heavy atom. The van der Waals surface area contributed by atoms with Crippen molar-refractivity contribution in [3.05, 3.63) is 90.3 Å². The number of piperazine rings is 1. The average Bonchev–Trinajstić information content (AvgIpc) is 2.91. The van der Waals surface area contributed by atoms with E-state index in [-0.39, 0.29) is 5.92 Å². The summed E-state index contributed by atoms with van der Waals surface area (Å²) < 4.78 is 5.99. The molecule has 0 saturated carbocycles. The molecule has 3 aromatic rings. The van der Waals surface area contributed by atoms with Crippen LogP contribution in [-0.4, -0.2) is 64.9 Å². The van der Waals surface area contributed by atoms with Crippen molar-refractivity contribution >= 4 is 5.91 Å². The number of benzene rings is 2. The third kappa shape index (κ3) is 6.47. The normalized spacial score (nSPS) is 17.9. The number of nitrogens with zero attached hydrogens (tertiary/aromatic N) is 4. The Morgan fingerprint density at radius 3 is 2.14 bits per heavy atom. The van der Waals surface area contributed by atoms with Crippen LogP contribution in [0.4, 0.5) is 0 Å². The predicted octanol–water partition coefficient (Wildman–Crippen LogP) is 4.43. The van der Waals surface area contributed by atoms with Crippen molar-refractivity contribution in [1.29, 1.82) is 0 Å². The van der Waals surface area contributed by atoms with Gasteiger partial charge in [0.1, 0.15) is 11.5 Å². The number of rotatable bonds is 7. The topological polar surface area (TPSA) is 48.9 Å². The van der Waals surface area contributed by atoms with Gasteiger partial charge in [-0.2, -0.15) is 0 Å². The summed E-state index contributed by atoms with van der Waals surface area (Å²) in [6.45, 7) is 7.25. The van der Waals surface area contributed by atoms with Crippen molar-refractivity contribution < 1.29 is 9.53 Å². The molecule has 0 radical (unpaired) electrons. The highest BCUT2D eigenvalue weighted by Crippen LogP contribution is 2.24. The summed E-state index contributed by atoms with van der Waals surface area (Å²) in [4.78, 5) is 24.2. The number of carbonyl (C=O) groups is 1. The standard InChI is InChI=1S/C29H34N4O2/c34-29(26-11-15-31(16-12-26)22-24-9-13-30-14-10-24)33-19-17-32(18-20-33)23-25-5-4-8-28(21-25)35-27-6-2-1-3-7-27/h1-10,13-14,21,26H,11-12,15-20,22-23H2. The fraction of sp³-hybridized carbons (Fsp3) is 0.379. The molecule has 1 amide bonds. The maximum Gasteiger partial charge on any atom is 0.225 e. The quantitative estimate of drug-likeness (QED) is 0.511. The number of ether oxygens (including phenoxy) is 1. The molecule has 2 aliphatic rings. The number of piperidine rings is 1. The monoisotopic (exact) mass is 470 g/mol. The van der Waals surface area contributed by atoms with Crippen LogP contribution in [0.25, 0.3) is 0 Å². The molecular formula is C29H34N4O2. The third-order valence-electron chi connectivity index (χ3n) is 7.06. The maximum absolute atomic E-state index is 13.2. The van der Waals surface area contributed by atoms with E-state index in [9.17, 15) is 4.79 Å². The molecule has 0 bridgehead atoms. The van der Waals surface area contributed by atoms with Crippen LogP contribution in [0.3, 0.4) is 0 Å². The van der Waals surface area contributed by atoms with Crippen LogP contribution in [0, 0.1) is 5.92 Å². The van der Waals surface area contributed by atoms with Gasteiger partial charge in [-0.15, -0.1) is 0 Å². The highest BCUT2D eigenvalue weighted by Gasteiger charge is 2.30. The van der Waals surface area contributed by atoms with Gasteiger partial charge in [-0.25, -0.2) is 0 Å². The summed E-state index contributed by atoms with van der Waals surface area (Å²) in [6, 6.07) is 22.3. The summed E-state index contributed by atoms with van der Waals surface area (Å²) in [5.74, 6) is 2.23. The van der Waals surface area contributed by atoms with E-state index in [0.29, 0.717) is 5.91 Å². The molecule has 0 spiro atoms. The number of carbonyl (C=O) groups excluding carboxylic acids is 1. The van der Waals surface area contributed by atoms with Gasteiger partial charge in [-0.1, -0.05) is 30.3 Å². The van der Waals surface area contributed by atoms with Crippen LogP contribution in [0.15, 0.2) is 79.1 Å². The molecule has 182 valence electrons. The molecule has 2 aliphatic heterocycles. The van der Waals surface area contributed by atoms with Crippen molar-refractivity contribution in [2.24, 2.45) is 5.92 Å². The first-order valence-electron chi connectivity index (χ1n) is 12.7. The molecule has 3 heterocycles. The van der Waals surface area contributed by atoms with E-state index < -0.39 is 0 Å². The first-order chi connectivity index (χ1) is 17.2. The lowest BCUT2D eigenvalue weighted by molar-refractivity contribution is -0.139. The predicted molar refractivity (Wildman–Crippen MR) is 137 cm³/mol. The Balaban J connectivity index is 1.06. The Labute approximate surface area is 208 Å². The minimum atomic E-state index is 0.169. The van der Waals surface area contributed by atoms with Crippen molar-refractivity contribution in [3.8, 4) is 11.5 Å². The number of para-hydroxylation sites is 1. The second-order valence-corrected chi connectivity index (χ2v) is 9.57. The Morgan fingerprint density at radius 1 is 0.743 bits per heavy atom. The smallest absolute Gasteiger partial charge is 0.225 e. The lowest BCUT2D eigenvalue weighted by atomic mass is 9.94. The van der Waals surface area contributed by atoms with E-state index >= 15 is 0 Å². The number of hydrogen-bond acceptors (Lipinski definition) is 5. The van der Waals surface area contributed by atoms with E-state index in [1.54, 1.807) is 0 Å². The average molecular weight is 471 g/mol. The van der Waals surface area contributed by atoms with Crippen LogP contribution in [-0.2, 0) is 17.9 Å². The summed E-state index contributed by atoms with van der Waals surface area (Å²) in [5, 5.41) is 0. The van der Waals surface area contributed by atoms with Gasteiger partial charge in [0, 0.05) is 57.6 Å². The summed E-state index contributed by atoms with van der Waals surface area (Å²) >= 11 is 0. The molecule has 6 nitrogen and oxygen atoms in total. The Bertz CT molecular complexity index is 1080. The van der Waals surface area contributed by atoms with Gasteiger partial charge in [0.2, 0.25) is 5.91 Å². The molecular weight excluding hydrogens is 436 g/mol. The molecule has 0 aliphatic carbocycles. The Hall–Kier alpha value is -3.22. The number of aromatic nitrogens is 1. The van der Waals surface area contributed by atoms with Gasteiger partial charge in [-0.05, 0) is 73.5 Å². The zero-order valence-electron chi connectivity index (χ0n) is 20.3. The molecule has 2 saturated heterocycles. The fourth-order valence-corrected chi connectivity index (χ4v) is 5.06. The largest absolute Gasteiger partial charge is 0.457 e.